The van der Waals surface area contributed by atoms with E-state index in [2.05, 4.69) is 11.4 Å². The lowest BCUT2D eigenvalue weighted by Gasteiger charge is -1.62. The van der Waals surface area contributed by atoms with Crippen molar-refractivity contribution in [2.24, 2.45) is 0 Å². The van der Waals surface area contributed by atoms with Crippen LogP contribution in [0.4, 0.5) is 0 Å². The van der Waals surface area contributed by atoms with Crippen molar-refractivity contribution in [3.05, 3.63) is 0 Å². The molecule has 1 aliphatic heterocycles. The van der Waals surface area contributed by atoms with Crippen LogP contribution in [-0.4, -0.2) is 17.2 Å². The van der Waals surface area contributed by atoms with Gasteiger partial charge in [0.25, 0.3) is 0 Å². The van der Waals surface area contributed by atoms with E-state index < -0.39 is 0 Å². The average molecular weight is 75.1 g/mol. The van der Waals surface area contributed by atoms with Crippen molar-refractivity contribution in [2.45, 2.75) is 0 Å². The molecule has 1 atom stereocenters. The van der Waals surface area contributed by atoms with E-state index in [1.807, 2.05) is 11.9 Å². The fourth-order valence-corrected chi connectivity index (χ4v) is 0.173. The minimum atomic E-state index is 1.24. The topological polar surface area (TPSA) is 3.01 Å². The molecule has 0 aromatic heterocycles. The molecular formula is C2H5NS. The zero-order chi connectivity index (χ0) is 2.99. The van der Waals surface area contributed by atoms with E-state index in [1.54, 1.807) is 0 Å². The molecule has 0 aliphatic carbocycles. The van der Waals surface area contributed by atoms with Crippen LogP contribution in [0.1, 0.15) is 0 Å². The first-order valence-corrected chi connectivity index (χ1v) is 2.18. The van der Waals surface area contributed by atoms with E-state index in [4.69, 9.17) is 0 Å². The minimum Gasteiger partial charge on any atom is -0.241 e. The summed E-state index contributed by atoms with van der Waals surface area (Å²) in [6.07, 6.45) is 0. The summed E-state index contributed by atoms with van der Waals surface area (Å²) in [5.41, 5.74) is 0. The Morgan fingerprint density at radius 1 is 2.00 bits per heavy atom. The van der Waals surface area contributed by atoms with Crippen molar-refractivity contribution >= 4 is 11.9 Å². The molecule has 1 heterocycles. The van der Waals surface area contributed by atoms with Crippen LogP contribution in [0.5, 0.6) is 0 Å². The summed E-state index contributed by atoms with van der Waals surface area (Å²) in [5, 5.41) is 0. The van der Waals surface area contributed by atoms with E-state index in [9.17, 15) is 0 Å². The fourth-order valence-electron chi connectivity index (χ4n) is 0.0577. The maximum Gasteiger partial charge on any atom is 0.0691 e. The second kappa shape index (κ2) is 0.626. The molecule has 0 aromatic rings. The van der Waals surface area contributed by atoms with Gasteiger partial charge in [0, 0.05) is 0 Å². The van der Waals surface area contributed by atoms with E-state index in [-0.39, 0.29) is 0 Å². The van der Waals surface area contributed by atoms with Crippen LogP contribution in [0.3, 0.4) is 0 Å². The minimum absolute atomic E-state index is 1.24. The molecule has 0 spiro atoms. The number of nitrogens with zero attached hydrogens (tertiary/aromatic N) is 1. The maximum atomic E-state index is 2.17. The van der Waals surface area contributed by atoms with Gasteiger partial charge in [-0.2, -0.15) is 0 Å². The van der Waals surface area contributed by atoms with Gasteiger partial charge in [-0.25, -0.2) is 4.31 Å². The monoisotopic (exact) mass is 75.0 g/mol. The number of rotatable bonds is 0. The van der Waals surface area contributed by atoms with Crippen LogP contribution >= 0.6 is 11.9 Å². The van der Waals surface area contributed by atoms with Crippen molar-refractivity contribution in [1.29, 1.82) is 0 Å². The molecule has 1 rings (SSSR count). The first-order chi connectivity index (χ1) is 1.89. The number of hydrogen-bond donors (Lipinski definition) is 0. The Morgan fingerprint density at radius 3 is 2.25 bits per heavy atom. The van der Waals surface area contributed by atoms with Gasteiger partial charge >= 0.3 is 0 Å². The summed E-state index contributed by atoms with van der Waals surface area (Å²) in [6, 6.07) is 0. The Hall–Kier alpha value is 0.310. The zero-order valence-corrected chi connectivity index (χ0v) is 3.38. The Kier molecular flexibility index (Phi) is 0.398. The van der Waals surface area contributed by atoms with Crippen LogP contribution < -0.4 is 0 Å². The molecule has 4 heavy (non-hydrogen) atoms. The molecule has 0 amide bonds. The third-order valence-electron chi connectivity index (χ3n) is 0.387. The van der Waals surface area contributed by atoms with Crippen LogP contribution in [0.15, 0.2) is 0 Å². The van der Waals surface area contributed by atoms with E-state index in [0.29, 0.717) is 0 Å². The quantitative estimate of drug-likeness (QED) is 0.305. The normalized spacial score (nSPS) is 39.8. The Labute approximate surface area is 30.1 Å². The Balaban J connectivity index is 2.17. The molecule has 0 N–H and O–H groups in total. The highest BCUT2D eigenvalue weighted by Gasteiger charge is 2.09. The first kappa shape index (κ1) is 2.54. The standard InChI is InChI=1S/C2H5NS/c1-3-2-4-3/h2H2,1H3. The van der Waals surface area contributed by atoms with Gasteiger partial charge in [-0.1, -0.05) is 11.9 Å². The largest absolute Gasteiger partial charge is 0.241 e. The fraction of sp³-hybridized carbons (Fsp3) is 1.00. The van der Waals surface area contributed by atoms with Gasteiger partial charge in [0.2, 0.25) is 0 Å². The highest BCUT2D eigenvalue weighted by atomic mass is 32.2. The van der Waals surface area contributed by atoms with Gasteiger partial charge in [0.05, 0.1) is 5.88 Å². The predicted molar refractivity (Wildman–Crippen MR) is 20.2 cm³/mol. The highest BCUT2D eigenvalue weighted by Crippen LogP contribution is 2.22. The van der Waals surface area contributed by atoms with E-state index in [1.165, 1.54) is 5.88 Å². The summed E-state index contributed by atoms with van der Waals surface area (Å²) in [4.78, 5) is 0. The third kappa shape index (κ3) is 0.362. The van der Waals surface area contributed by atoms with Gasteiger partial charge in [-0.15, -0.1) is 0 Å². The lowest BCUT2D eigenvalue weighted by atomic mass is 11.3. The smallest absolute Gasteiger partial charge is 0.0691 e. The van der Waals surface area contributed by atoms with Gasteiger partial charge in [0.15, 0.2) is 0 Å². The van der Waals surface area contributed by atoms with Crippen molar-refractivity contribution in [1.82, 2.24) is 4.31 Å². The van der Waals surface area contributed by atoms with Crippen molar-refractivity contribution in [3.8, 4) is 0 Å². The lowest BCUT2D eigenvalue weighted by molar-refractivity contribution is 0.785. The van der Waals surface area contributed by atoms with E-state index in [0.717, 1.165) is 0 Å². The molecule has 2 heteroatoms. The SMILES string of the molecule is CN1CS1. The van der Waals surface area contributed by atoms with Crippen LogP contribution in [0.25, 0.3) is 0 Å². The van der Waals surface area contributed by atoms with E-state index >= 15 is 0 Å². The van der Waals surface area contributed by atoms with Crippen LogP contribution in [0, 0.1) is 0 Å². The third-order valence-corrected chi connectivity index (χ3v) is 1.16. The molecule has 1 fully saturated rings. The van der Waals surface area contributed by atoms with Gasteiger partial charge in [0.1, 0.15) is 0 Å². The number of hydrogen-bond acceptors (Lipinski definition) is 2. The molecule has 1 nitrogen and oxygen atoms in total. The zero-order valence-electron chi connectivity index (χ0n) is 2.56. The molecule has 0 radical (unpaired) electrons. The molecule has 24 valence electrons. The van der Waals surface area contributed by atoms with Crippen LogP contribution in [-0.2, 0) is 0 Å². The molecule has 0 saturated carbocycles. The van der Waals surface area contributed by atoms with Gasteiger partial charge in [-0.05, 0) is 7.05 Å². The lowest BCUT2D eigenvalue weighted by Crippen LogP contribution is -1.71. The molecule has 0 bridgehead atoms. The summed E-state index contributed by atoms with van der Waals surface area (Å²) in [5.74, 6) is 1.24. The van der Waals surface area contributed by atoms with Crippen molar-refractivity contribution in [2.75, 3.05) is 12.9 Å². The summed E-state index contributed by atoms with van der Waals surface area (Å²) >= 11 is 1.86. The average Bonchev–Trinajstić information content (AvgIpc) is 1.75. The first-order valence-electron chi connectivity index (χ1n) is 1.23. The summed E-state index contributed by atoms with van der Waals surface area (Å²) < 4.78 is 2.17. The second-order valence-electron chi connectivity index (χ2n) is 0.886. The Bertz CT molecular complexity index is 25.2. The maximum absolute atomic E-state index is 2.17. The Morgan fingerprint density at radius 2 is 2.25 bits per heavy atom. The van der Waals surface area contributed by atoms with Crippen molar-refractivity contribution in [3.63, 3.8) is 0 Å². The molecular weight excluding hydrogens is 70.1 g/mol. The van der Waals surface area contributed by atoms with Gasteiger partial charge < -0.3 is 0 Å². The molecule has 1 unspecified atom stereocenters. The van der Waals surface area contributed by atoms with Crippen LogP contribution in [0.2, 0.25) is 0 Å². The second-order valence-corrected chi connectivity index (χ2v) is 2.03. The van der Waals surface area contributed by atoms with Gasteiger partial charge in [-0.3, -0.25) is 0 Å². The highest BCUT2D eigenvalue weighted by molar-refractivity contribution is 8.02. The van der Waals surface area contributed by atoms with Crippen molar-refractivity contribution < 1.29 is 0 Å². The molecule has 0 aromatic carbocycles. The molecule has 1 aliphatic rings. The summed E-state index contributed by atoms with van der Waals surface area (Å²) in [6.45, 7) is 0. The summed E-state index contributed by atoms with van der Waals surface area (Å²) in [7, 11) is 2.07. The predicted octanol–water partition coefficient (Wildman–Crippen LogP) is 0.537. The molecule has 1 saturated heterocycles.